The molecule has 0 bridgehead atoms. The van der Waals surface area contributed by atoms with Crippen molar-refractivity contribution in [1.82, 2.24) is 20.0 Å². The fraction of sp³-hybridized carbons (Fsp3) is 0.800. The fourth-order valence-electron chi connectivity index (χ4n) is 2.29. The Bertz CT molecular complexity index is 378. The van der Waals surface area contributed by atoms with Crippen LogP contribution in [0.1, 0.15) is 44.6 Å². The molecule has 1 aromatic rings. The van der Waals surface area contributed by atoms with Crippen LogP contribution in [-0.2, 0) is 13.1 Å². The molecular weight excluding hydrogens is 236 g/mol. The topological polar surface area (TPSA) is 33.1 Å². The van der Waals surface area contributed by atoms with Crippen molar-refractivity contribution in [3.05, 3.63) is 17.0 Å². The molecule has 0 unspecified atom stereocenters. The minimum absolute atomic E-state index is 0.512. The molecule has 0 aromatic carbocycles. The zero-order valence-electron chi connectivity index (χ0n) is 13.5. The van der Waals surface area contributed by atoms with E-state index in [1.165, 1.54) is 11.3 Å². The van der Waals surface area contributed by atoms with Crippen molar-refractivity contribution in [3.8, 4) is 0 Å². The predicted molar refractivity (Wildman–Crippen MR) is 81.5 cm³/mol. The Morgan fingerprint density at radius 3 is 2.37 bits per heavy atom. The predicted octanol–water partition coefficient (Wildman–Crippen LogP) is 2.34. The van der Waals surface area contributed by atoms with Gasteiger partial charge in [-0.15, -0.1) is 0 Å². The van der Waals surface area contributed by atoms with E-state index in [2.05, 4.69) is 61.5 Å². The van der Waals surface area contributed by atoms with Crippen LogP contribution in [0.25, 0.3) is 0 Å². The molecule has 0 saturated carbocycles. The Kier molecular flexibility index (Phi) is 6.52. The second-order valence-corrected chi connectivity index (χ2v) is 5.43. The van der Waals surface area contributed by atoms with Gasteiger partial charge in [0.25, 0.3) is 0 Å². The van der Waals surface area contributed by atoms with Gasteiger partial charge in [-0.2, -0.15) is 5.10 Å². The van der Waals surface area contributed by atoms with Gasteiger partial charge in [0.2, 0.25) is 0 Å². The molecular formula is C15H30N4. The van der Waals surface area contributed by atoms with E-state index in [0.29, 0.717) is 6.04 Å². The standard InChI is InChI=1S/C15H30N4/c1-7-18(8-2)9-10-19-14(6)15(13(5)17-19)11-16-12(3)4/h12,16H,7-11H2,1-6H3. The first-order valence-electron chi connectivity index (χ1n) is 7.48. The molecule has 0 fully saturated rings. The van der Waals surface area contributed by atoms with E-state index in [0.717, 1.165) is 38.4 Å². The summed E-state index contributed by atoms with van der Waals surface area (Å²) in [6, 6.07) is 0.512. The van der Waals surface area contributed by atoms with Gasteiger partial charge in [0.15, 0.2) is 0 Å². The van der Waals surface area contributed by atoms with E-state index < -0.39 is 0 Å². The molecule has 0 spiro atoms. The number of rotatable bonds is 8. The summed E-state index contributed by atoms with van der Waals surface area (Å²) < 4.78 is 2.16. The molecule has 4 nitrogen and oxygen atoms in total. The monoisotopic (exact) mass is 266 g/mol. The average molecular weight is 266 g/mol. The van der Waals surface area contributed by atoms with E-state index in [1.54, 1.807) is 0 Å². The molecule has 0 amide bonds. The van der Waals surface area contributed by atoms with Crippen molar-refractivity contribution in [1.29, 1.82) is 0 Å². The van der Waals surface area contributed by atoms with Crippen molar-refractivity contribution in [2.24, 2.45) is 0 Å². The maximum Gasteiger partial charge on any atom is 0.0641 e. The van der Waals surface area contributed by atoms with Gasteiger partial charge in [0.05, 0.1) is 12.2 Å². The van der Waals surface area contributed by atoms with E-state index in [-0.39, 0.29) is 0 Å². The van der Waals surface area contributed by atoms with Crippen molar-refractivity contribution in [3.63, 3.8) is 0 Å². The number of aromatic nitrogens is 2. The van der Waals surface area contributed by atoms with Gasteiger partial charge in [-0.1, -0.05) is 27.7 Å². The van der Waals surface area contributed by atoms with Crippen LogP contribution in [0.15, 0.2) is 0 Å². The fourth-order valence-corrected chi connectivity index (χ4v) is 2.29. The molecule has 0 aliphatic rings. The van der Waals surface area contributed by atoms with Gasteiger partial charge in [0.1, 0.15) is 0 Å². The zero-order chi connectivity index (χ0) is 14.4. The number of hydrogen-bond acceptors (Lipinski definition) is 3. The van der Waals surface area contributed by atoms with Crippen LogP contribution in [0.2, 0.25) is 0 Å². The summed E-state index contributed by atoms with van der Waals surface area (Å²) in [5.74, 6) is 0. The van der Waals surface area contributed by atoms with Crippen molar-refractivity contribution in [2.45, 2.75) is 60.7 Å². The molecule has 4 heteroatoms. The lowest BCUT2D eigenvalue weighted by molar-refractivity contribution is 0.284. The smallest absolute Gasteiger partial charge is 0.0641 e. The lowest BCUT2D eigenvalue weighted by Gasteiger charge is -2.18. The third kappa shape index (κ3) is 4.62. The lowest BCUT2D eigenvalue weighted by atomic mass is 10.2. The minimum Gasteiger partial charge on any atom is -0.310 e. The van der Waals surface area contributed by atoms with Gasteiger partial charge in [-0.25, -0.2) is 0 Å². The second kappa shape index (κ2) is 7.65. The first kappa shape index (κ1) is 16.2. The summed E-state index contributed by atoms with van der Waals surface area (Å²) in [5, 5.41) is 8.16. The molecule has 0 saturated heterocycles. The van der Waals surface area contributed by atoms with Crippen LogP contribution in [0.4, 0.5) is 0 Å². The SMILES string of the molecule is CCN(CC)CCn1nc(C)c(CNC(C)C)c1C. The molecule has 19 heavy (non-hydrogen) atoms. The molecule has 0 aliphatic carbocycles. The molecule has 0 radical (unpaired) electrons. The van der Waals surface area contributed by atoms with Crippen LogP contribution in [0.5, 0.6) is 0 Å². The van der Waals surface area contributed by atoms with E-state index >= 15 is 0 Å². The van der Waals surface area contributed by atoms with E-state index in [1.807, 2.05) is 0 Å². The highest BCUT2D eigenvalue weighted by Gasteiger charge is 2.12. The summed E-state index contributed by atoms with van der Waals surface area (Å²) in [6.45, 7) is 18.3. The summed E-state index contributed by atoms with van der Waals surface area (Å²) >= 11 is 0. The third-order valence-electron chi connectivity index (χ3n) is 3.74. The first-order valence-corrected chi connectivity index (χ1v) is 7.48. The highest BCUT2D eigenvalue weighted by molar-refractivity contribution is 5.24. The first-order chi connectivity index (χ1) is 8.99. The lowest BCUT2D eigenvalue weighted by Crippen LogP contribution is -2.27. The van der Waals surface area contributed by atoms with Crippen molar-refractivity contribution < 1.29 is 0 Å². The Balaban J connectivity index is 2.67. The quantitative estimate of drug-likeness (QED) is 0.784. The van der Waals surface area contributed by atoms with Crippen molar-refractivity contribution >= 4 is 0 Å². The summed E-state index contributed by atoms with van der Waals surface area (Å²) in [4.78, 5) is 2.43. The Morgan fingerprint density at radius 1 is 1.21 bits per heavy atom. The number of nitrogens with one attached hydrogen (secondary N) is 1. The third-order valence-corrected chi connectivity index (χ3v) is 3.74. The van der Waals surface area contributed by atoms with Crippen LogP contribution in [0.3, 0.4) is 0 Å². The molecule has 1 N–H and O–H groups in total. The molecule has 0 atom stereocenters. The summed E-state index contributed by atoms with van der Waals surface area (Å²) in [7, 11) is 0. The molecule has 0 aliphatic heterocycles. The Morgan fingerprint density at radius 2 is 1.84 bits per heavy atom. The highest BCUT2D eigenvalue weighted by Crippen LogP contribution is 2.13. The highest BCUT2D eigenvalue weighted by atomic mass is 15.3. The Hall–Kier alpha value is -0.870. The summed E-state index contributed by atoms with van der Waals surface area (Å²) in [5.41, 5.74) is 3.82. The molecule has 1 aromatic heterocycles. The van der Waals surface area contributed by atoms with Crippen LogP contribution >= 0.6 is 0 Å². The number of nitrogens with zero attached hydrogens (tertiary/aromatic N) is 3. The van der Waals surface area contributed by atoms with Crippen molar-refractivity contribution in [2.75, 3.05) is 19.6 Å². The average Bonchev–Trinajstić information content (AvgIpc) is 2.63. The maximum atomic E-state index is 4.68. The number of hydrogen-bond donors (Lipinski definition) is 1. The number of likely N-dealkylation sites (N-methyl/N-ethyl adjacent to an activating group) is 1. The largest absolute Gasteiger partial charge is 0.310 e. The van der Waals surface area contributed by atoms with Gasteiger partial charge in [0, 0.05) is 30.4 Å². The van der Waals surface area contributed by atoms with Crippen LogP contribution in [0, 0.1) is 13.8 Å². The van der Waals surface area contributed by atoms with Gasteiger partial charge >= 0.3 is 0 Å². The minimum atomic E-state index is 0.512. The Labute approximate surface area is 118 Å². The van der Waals surface area contributed by atoms with Crippen LogP contribution < -0.4 is 5.32 Å². The molecule has 1 heterocycles. The number of aryl methyl sites for hydroxylation is 1. The normalized spacial score (nSPS) is 11.8. The summed E-state index contributed by atoms with van der Waals surface area (Å²) in [6.07, 6.45) is 0. The van der Waals surface area contributed by atoms with E-state index in [4.69, 9.17) is 0 Å². The maximum absolute atomic E-state index is 4.68. The van der Waals surface area contributed by atoms with Gasteiger partial charge < -0.3 is 10.2 Å². The van der Waals surface area contributed by atoms with Crippen LogP contribution in [-0.4, -0.2) is 40.4 Å². The molecule has 1 rings (SSSR count). The van der Waals surface area contributed by atoms with E-state index in [9.17, 15) is 0 Å². The van der Waals surface area contributed by atoms with Gasteiger partial charge in [-0.3, -0.25) is 4.68 Å². The second-order valence-electron chi connectivity index (χ2n) is 5.43. The molecule has 110 valence electrons. The van der Waals surface area contributed by atoms with Gasteiger partial charge in [-0.05, 0) is 26.9 Å². The zero-order valence-corrected chi connectivity index (χ0v) is 13.5.